The number of rotatable bonds is 4. The van der Waals surface area contributed by atoms with Gasteiger partial charge >= 0.3 is 0 Å². The van der Waals surface area contributed by atoms with Crippen LogP contribution in [0.3, 0.4) is 0 Å². The monoisotopic (exact) mass is 236 g/mol. The van der Waals surface area contributed by atoms with Gasteiger partial charge in [0.25, 0.3) is 0 Å². The molecule has 1 aromatic heterocycles. The van der Waals surface area contributed by atoms with Crippen LogP contribution in [0.4, 0.5) is 0 Å². The summed E-state index contributed by atoms with van der Waals surface area (Å²) in [5, 5.41) is 5.24. The van der Waals surface area contributed by atoms with Crippen molar-refractivity contribution in [2.75, 3.05) is 13.6 Å². The Morgan fingerprint density at radius 2 is 2.19 bits per heavy atom. The number of hydrogen-bond acceptors (Lipinski definition) is 1. The van der Waals surface area contributed by atoms with E-state index in [1.54, 1.807) is 0 Å². The second kappa shape index (κ2) is 4.89. The molecule has 2 nitrogen and oxygen atoms in total. The highest BCUT2D eigenvalue weighted by molar-refractivity contribution is 6.35. The zero-order chi connectivity index (χ0) is 11.5. The van der Waals surface area contributed by atoms with Crippen LogP contribution in [-0.4, -0.2) is 18.2 Å². The van der Waals surface area contributed by atoms with Gasteiger partial charge in [-0.05, 0) is 44.1 Å². The minimum absolute atomic E-state index is 0.859. The highest BCUT2D eigenvalue weighted by atomic mass is 35.5. The Kier molecular flexibility index (Phi) is 3.52. The maximum absolute atomic E-state index is 6.26. The predicted molar refractivity (Wildman–Crippen MR) is 70.2 cm³/mol. The van der Waals surface area contributed by atoms with E-state index in [2.05, 4.69) is 29.2 Å². The second-order valence-electron chi connectivity index (χ2n) is 4.11. The Hall–Kier alpha value is -0.990. The lowest BCUT2D eigenvalue weighted by Gasteiger charge is -2.00. The topological polar surface area (TPSA) is 17.0 Å². The first kappa shape index (κ1) is 11.5. The number of nitrogens with one attached hydrogen (secondary N) is 1. The van der Waals surface area contributed by atoms with Crippen molar-refractivity contribution in [3.05, 3.63) is 35.0 Å². The van der Waals surface area contributed by atoms with Gasteiger partial charge in [-0.15, -0.1) is 0 Å². The van der Waals surface area contributed by atoms with Crippen LogP contribution in [0, 0.1) is 0 Å². The number of fused-ring (bicyclic) bond motifs is 1. The Morgan fingerprint density at radius 1 is 1.38 bits per heavy atom. The van der Waals surface area contributed by atoms with Crippen LogP contribution in [0.5, 0.6) is 0 Å². The van der Waals surface area contributed by atoms with Gasteiger partial charge in [-0.1, -0.05) is 17.7 Å². The molecule has 0 bridgehead atoms. The molecule has 0 saturated carbocycles. The van der Waals surface area contributed by atoms with Crippen molar-refractivity contribution < 1.29 is 0 Å². The highest BCUT2D eigenvalue weighted by Crippen LogP contribution is 2.28. The van der Waals surface area contributed by atoms with Gasteiger partial charge in [0.05, 0.1) is 5.02 Å². The van der Waals surface area contributed by atoms with Crippen molar-refractivity contribution in [1.29, 1.82) is 0 Å². The molecule has 0 amide bonds. The highest BCUT2D eigenvalue weighted by Gasteiger charge is 2.08. The average Bonchev–Trinajstić information content (AvgIpc) is 2.58. The van der Waals surface area contributed by atoms with Gasteiger partial charge < -0.3 is 9.88 Å². The molecule has 0 radical (unpaired) electrons. The number of nitrogens with zero attached hydrogens (tertiary/aromatic N) is 1. The molecule has 2 aromatic rings. The van der Waals surface area contributed by atoms with Crippen LogP contribution in [0.1, 0.15) is 12.0 Å². The molecule has 86 valence electrons. The molecule has 16 heavy (non-hydrogen) atoms. The molecular weight excluding hydrogens is 220 g/mol. The summed E-state index contributed by atoms with van der Waals surface area (Å²) in [6, 6.07) is 6.08. The maximum Gasteiger partial charge on any atom is 0.0502 e. The quantitative estimate of drug-likeness (QED) is 0.808. The predicted octanol–water partition coefficient (Wildman–Crippen LogP) is 2.98. The van der Waals surface area contributed by atoms with Crippen LogP contribution < -0.4 is 5.32 Å². The number of aromatic nitrogens is 1. The molecule has 0 fully saturated rings. The molecule has 0 aliphatic rings. The molecule has 0 aliphatic heterocycles. The number of hydrogen-bond donors (Lipinski definition) is 1. The molecule has 0 spiro atoms. The number of benzene rings is 1. The first-order chi connectivity index (χ1) is 7.74. The summed E-state index contributed by atoms with van der Waals surface area (Å²) in [7, 11) is 4.05. The van der Waals surface area contributed by atoms with Gasteiger partial charge in [0.15, 0.2) is 0 Å². The average molecular weight is 237 g/mol. The van der Waals surface area contributed by atoms with Crippen molar-refractivity contribution in [3.63, 3.8) is 0 Å². The Balaban J connectivity index is 2.37. The molecular formula is C13H17ClN2. The van der Waals surface area contributed by atoms with Crippen molar-refractivity contribution in [2.24, 2.45) is 7.05 Å². The Morgan fingerprint density at radius 3 is 2.94 bits per heavy atom. The molecule has 0 atom stereocenters. The molecule has 1 heterocycles. The normalized spacial score (nSPS) is 11.2. The summed E-state index contributed by atoms with van der Waals surface area (Å²) < 4.78 is 2.15. The Labute approximate surface area is 101 Å². The Bertz CT molecular complexity index is 488. The summed E-state index contributed by atoms with van der Waals surface area (Å²) in [6.45, 7) is 1.04. The van der Waals surface area contributed by atoms with E-state index >= 15 is 0 Å². The molecule has 0 unspecified atom stereocenters. The van der Waals surface area contributed by atoms with Gasteiger partial charge in [-0.2, -0.15) is 0 Å². The fraction of sp³-hybridized carbons (Fsp3) is 0.385. The third kappa shape index (κ3) is 2.08. The first-order valence-corrected chi connectivity index (χ1v) is 5.99. The minimum Gasteiger partial charge on any atom is -0.350 e. The summed E-state index contributed by atoms with van der Waals surface area (Å²) in [6.07, 6.45) is 4.40. The van der Waals surface area contributed by atoms with Gasteiger partial charge in [-0.25, -0.2) is 0 Å². The lowest BCUT2D eigenvalue weighted by atomic mass is 10.1. The third-order valence-corrected chi connectivity index (χ3v) is 3.23. The van der Waals surface area contributed by atoms with Crippen LogP contribution in [0.2, 0.25) is 5.02 Å². The molecule has 1 N–H and O–H groups in total. The van der Waals surface area contributed by atoms with Gasteiger partial charge in [0.2, 0.25) is 0 Å². The van der Waals surface area contributed by atoms with E-state index in [1.165, 1.54) is 16.5 Å². The van der Waals surface area contributed by atoms with E-state index in [1.807, 2.05) is 19.2 Å². The third-order valence-electron chi connectivity index (χ3n) is 2.92. The van der Waals surface area contributed by atoms with Crippen molar-refractivity contribution in [1.82, 2.24) is 9.88 Å². The fourth-order valence-corrected chi connectivity index (χ4v) is 2.43. The van der Waals surface area contributed by atoms with E-state index in [9.17, 15) is 0 Å². The molecule has 0 saturated heterocycles. The molecule has 3 heteroatoms. The van der Waals surface area contributed by atoms with Crippen molar-refractivity contribution >= 4 is 22.5 Å². The summed E-state index contributed by atoms with van der Waals surface area (Å²) in [5.41, 5.74) is 2.56. The zero-order valence-electron chi connectivity index (χ0n) is 9.76. The van der Waals surface area contributed by atoms with Crippen molar-refractivity contribution in [3.8, 4) is 0 Å². The lowest BCUT2D eigenvalue weighted by molar-refractivity contribution is 0.725. The van der Waals surface area contributed by atoms with E-state index in [0.717, 1.165) is 24.4 Å². The van der Waals surface area contributed by atoms with E-state index in [4.69, 9.17) is 11.6 Å². The summed E-state index contributed by atoms with van der Waals surface area (Å²) >= 11 is 6.26. The maximum atomic E-state index is 6.26. The smallest absolute Gasteiger partial charge is 0.0502 e. The van der Waals surface area contributed by atoms with Gasteiger partial charge in [0, 0.05) is 24.1 Å². The van der Waals surface area contributed by atoms with Crippen molar-refractivity contribution in [2.45, 2.75) is 12.8 Å². The standard InChI is InChI=1S/C13H17ClN2/c1-15-8-4-5-10-9-16(2)12-7-3-6-11(14)13(10)12/h3,6-7,9,15H,4-5,8H2,1-2H3. The van der Waals surface area contributed by atoms with Crippen LogP contribution >= 0.6 is 11.6 Å². The minimum atomic E-state index is 0.859. The number of halogens is 1. The van der Waals surface area contributed by atoms with Crippen LogP contribution in [-0.2, 0) is 13.5 Å². The SMILES string of the molecule is CNCCCc1cn(C)c2cccc(Cl)c12. The van der Waals surface area contributed by atoms with Crippen LogP contribution in [0.15, 0.2) is 24.4 Å². The van der Waals surface area contributed by atoms with Gasteiger partial charge in [0.1, 0.15) is 0 Å². The molecule has 1 aromatic carbocycles. The van der Waals surface area contributed by atoms with Crippen LogP contribution in [0.25, 0.3) is 10.9 Å². The lowest BCUT2D eigenvalue weighted by Crippen LogP contribution is -2.08. The molecule has 2 rings (SSSR count). The summed E-state index contributed by atoms with van der Waals surface area (Å²) in [5.74, 6) is 0. The fourth-order valence-electron chi connectivity index (χ4n) is 2.14. The molecule has 0 aliphatic carbocycles. The second-order valence-corrected chi connectivity index (χ2v) is 4.51. The zero-order valence-corrected chi connectivity index (χ0v) is 10.5. The van der Waals surface area contributed by atoms with Gasteiger partial charge in [-0.3, -0.25) is 0 Å². The van der Waals surface area contributed by atoms with E-state index in [-0.39, 0.29) is 0 Å². The van der Waals surface area contributed by atoms with E-state index in [0.29, 0.717) is 0 Å². The first-order valence-electron chi connectivity index (χ1n) is 5.61. The summed E-state index contributed by atoms with van der Waals surface area (Å²) in [4.78, 5) is 0. The van der Waals surface area contributed by atoms with E-state index < -0.39 is 0 Å². The number of aryl methyl sites for hydroxylation is 2. The largest absolute Gasteiger partial charge is 0.350 e.